The molecule has 0 unspecified atom stereocenters. The number of urea groups is 1. The fraction of sp³-hybridized carbons (Fsp3) is 0.521. The molecular formula is C48H63N5O10. The van der Waals surface area contributed by atoms with Crippen LogP contribution in [0.1, 0.15) is 99.3 Å². The van der Waals surface area contributed by atoms with Crippen LogP contribution in [0.4, 0.5) is 25.0 Å². The second-order valence-electron chi connectivity index (χ2n) is 19.6. The Kier molecular flexibility index (Phi) is 13.6. The maximum atomic E-state index is 15.4. The van der Waals surface area contributed by atoms with E-state index in [1.807, 2.05) is 74.5 Å². The maximum Gasteiger partial charge on any atom is 0.435 e. The lowest BCUT2D eigenvalue weighted by atomic mass is 9.91. The zero-order valence-corrected chi connectivity index (χ0v) is 38.4. The van der Waals surface area contributed by atoms with Gasteiger partial charge in [0.05, 0.1) is 17.6 Å². The molecule has 0 radical (unpaired) electrons. The van der Waals surface area contributed by atoms with Crippen molar-refractivity contribution in [3.05, 3.63) is 95.6 Å². The van der Waals surface area contributed by atoms with E-state index in [9.17, 15) is 19.5 Å². The van der Waals surface area contributed by atoms with E-state index in [2.05, 4.69) is 5.10 Å². The fourth-order valence-corrected chi connectivity index (χ4v) is 7.98. The van der Waals surface area contributed by atoms with E-state index < -0.39 is 65.2 Å². The summed E-state index contributed by atoms with van der Waals surface area (Å²) in [7, 11) is 0. The monoisotopic (exact) mass is 869 g/mol. The summed E-state index contributed by atoms with van der Waals surface area (Å²) in [4.78, 5) is 61.5. The van der Waals surface area contributed by atoms with Crippen LogP contribution in [0.5, 0.6) is 0 Å². The molecule has 6 rings (SSSR count). The van der Waals surface area contributed by atoms with Crippen molar-refractivity contribution in [2.24, 2.45) is 0 Å². The number of rotatable bonds is 10. The molecule has 4 aromatic rings. The van der Waals surface area contributed by atoms with Crippen LogP contribution in [0.3, 0.4) is 0 Å². The zero-order chi connectivity index (χ0) is 46.1. The number of hydrogen-bond donors (Lipinski definition) is 1. The highest BCUT2D eigenvalue weighted by Gasteiger charge is 2.55. The number of aliphatic hydroxyl groups excluding tert-OH is 1. The molecule has 0 spiro atoms. The number of ether oxygens (including phenoxy) is 5. The highest BCUT2D eigenvalue weighted by Crippen LogP contribution is 2.41. The summed E-state index contributed by atoms with van der Waals surface area (Å²) in [5.74, 6) is -1.21. The van der Waals surface area contributed by atoms with Crippen molar-refractivity contribution in [2.45, 2.75) is 149 Å². The summed E-state index contributed by atoms with van der Waals surface area (Å²) < 4.78 is 31.7. The summed E-state index contributed by atoms with van der Waals surface area (Å²) >= 11 is 0. The minimum atomic E-state index is -1.07. The third-order valence-electron chi connectivity index (χ3n) is 10.4. The molecule has 2 aliphatic heterocycles. The van der Waals surface area contributed by atoms with Crippen LogP contribution in [0.15, 0.2) is 78.9 Å². The number of nitrogens with zero attached hydrogens (tertiary/aromatic N) is 5. The number of benzene rings is 3. The first-order valence-corrected chi connectivity index (χ1v) is 21.6. The lowest BCUT2D eigenvalue weighted by molar-refractivity contribution is -0.157. The van der Waals surface area contributed by atoms with Gasteiger partial charge in [-0.1, -0.05) is 66.7 Å². The van der Waals surface area contributed by atoms with Gasteiger partial charge in [0, 0.05) is 25.1 Å². The van der Waals surface area contributed by atoms with Crippen LogP contribution < -0.4 is 4.90 Å². The van der Waals surface area contributed by atoms with E-state index >= 15 is 4.79 Å². The van der Waals surface area contributed by atoms with Crippen molar-refractivity contribution in [3.63, 3.8) is 0 Å². The highest BCUT2D eigenvalue weighted by atomic mass is 16.8. The fourth-order valence-electron chi connectivity index (χ4n) is 7.98. The number of anilines is 1. The average Bonchev–Trinajstić information content (AvgIpc) is 3.69. The molecule has 2 aliphatic rings. The van der Waals surface area contributed by atoms with E-state index in [1.54, 1.807) is 90.3 Å². The molecule has 3 aromatic carbocycles. The Bertz CT molecular complexity index is 2230. The Morgan fingerprint density at radius 3 is 1.68 bits per heavy atom. The van der Waals surface area contributed by atoms with Crippen molar-refractivity contribution < 1.29 is 48.0 Å². The third kappa shape index (κ3) is 11.6. The topological polar surface area (TPSA) is 162 Å². The van der Waals surface area contributed by atoms with E-state index in [0.29, 0.717) is 29.7 Å². The van der Waals surface area contributed by atoms with Gasteiger partial charge in [-0.3, -0.25) is 0 Å². The normalized spacial score (nSPS) is 20.3. The van der Waals surface area contributed by atoms with Crippen LogP contribution in [-0.4, -0.2) is 109 Å². The molecule has 4 amide bonds. The van der Waals surface area contributed by atoms with E-state index in [-0.39, 0.29) is 42.4 Å². The van der Waals surface area contributed by atoms with Crippen molar-refractivity contribution in [3.8, 4) is 0 Å². The van der Waals surface area contributed by atoms with Gasteiger partial charge in [0.25, 0.3) is 0 Å². The van der Waals surface area contributed by atoms with Crippen LogP contribution in [-0.2, 0) is 43.1 Å². The Morgan fingerprint density at radius 2 is 1.21 bits per heavy atom. The molecule has 63 heavy (non-hydrogen) atoms. The quantitative estimate of drug-likeness (QED) is 0.152. The number of hydrogen-bond acceptors (Lipinski definition) is 11. The summed E-state index contributed by atoms with van der Waals surface area (Å²) in [6.07, 6.45) is -2.87. The number of aliphatic hydroxyl groups is 1. The van der Waals surface area contributed by atoms with Crippen molar-refractivity contribution in [1.29, 1.82) is 0 Å². The maximum absolute atomic E-state index is 15.4. The van der Waals surface area contributed by atoms with Crippen molar-refractivity contribution in [2.75, 3.05) is 18.1 Å². The van der Waals surface area contributed by atoms with E-state index in [4.69, 9.17) is 23.7 Å². The second kappa shape index (κ2) is 18.3. The summed E-state index contributed by atoms with van der Waals surface area (Å²) in [5, 5.41) is 14.9. The van der Waals surface area contributed by atoms with Gasteiger partial charge in [0.1, 0.15) is 29.0 Å². The molecule has 15 nitrogen and oxygen atoms in total. The standard InChI is InChI=1S/C48H63N5O10/c1-45(2,3)61-42(56)52(43(57)62-46(4,5)6)40-34-27-33(23-24-35(34)53(49-40)44(58)63-47(7,8)9)30-51-37(29-32-21-16-13-17-22-32)39-38(59-48(10,11)60-39)36(28-31-19-14-12-15-20-31)50(41(51)55)25-18-26-54/h12-17,19-24,27,36-39,54H,18,25-26,28-30H2,1-11H3/t36-,37-,38+,39+/m1/s1. The molecule has 2 fully saturated rings. The Balaban J connectivity index is 1.53. The zero-order valence-electron chi connectivity index (χ0n) is 38.4. The number of fused-ring (bicyclic) bond motifs is 2. The summed E-state index contributed by atoms with van der Waals surface area (Å²) in [5.41, 5.74) is -0.139. The van der Waals surface area contributed by atoms with Crippen LogP contribution in [0, 0.1) is 0 Å². The molecule has 3 heterocycles. The average molecular weight is 870 g/mol. The third-order valence-corrected chi connectivity index (χ3v) is 10.4. The van der Waals surface area contributed by atoms with Gasteiger partial charge in [-0.2, -0.15) is 9.58 Å². The molecule has 0 saturated carbocycles. The predicted octanol–water partition coefficient (Wildman–Crippen LogP) is 8.86. The number of carbonyl (C=O) groups excluding carboxylic acids is 4. The first-order chi connectivity index (χ1) is 29.4. The number of amides is 4. The molecule has 15 heteroatoms. The number of aromatic nitrogens is 2. The lowest BCUT2D eigenvalue weighted by Gasteiger charge is -2.37. The Hall–Kier alpha value is -5.51. The number of imide groups is 1. The smallest absolute Gasteiger partial charge is 0.435 e. The van der Waals surface area contributed by atoms with Crippen molar-refractivity contribution >= 4 is 41.0 Å². The summed E-state index contributed by atoms with van der Waals surface area (Å²) in [6.45, 7) is 19.0. The minimum Gasteiger partial charge on any atom is -0.443 e. The number of carbonyl (C=O) groups is 4. The van der Waals surface area contributed by atoms with E-state index in [0.717, 1.165) is 15.8 Å². The van der Waals surface area contributed by atoms with Crippen molar-refractivity contribution in [1.82, 2.24) is 19.6 Å². The first-order valence-electron chi connectivity index (χ1n) is 21.6. The molecule has 1 aromatic heterocycles. The van der Waals surface area contributed by atoms with Gasteiger partial charge in [0.15, 0.2) is 11.6 Å². The molecule has 2 saturated heterocycles. The predicted molar refractivity (Wildman–Crippen MR) is 237 cm³/mol. The Labute approximate surface area is 370 Å². The van der Waals surface area contributed by atoms with Gasteiger partial charge in [-0.15, -0.1) is 5.10 Å². The SMILES string of the molecule is CC(C)(C)OC(=O)N(C(=O)OC(C)(C)C)c1nn(C(=O)OC(C)(C)C)c2ccc(CN3C(=O)N(CCCO)[C@H](Cc4ccccc4)[C@@H]4OC(C)(C)O[C@H]4[C@H]3Cc3ccccc3)cc12. The van der Waals surface area contributed by atoms with Crippen LogP contribution in [0.2, 0.25) is 0 Å². The highest BCUT2D eigenvalue weighted by molar-refractivity contribution is 6.14. The molecule has 340 valence electrons. The van der Waals surface area contributed by atoms with Gasteiger partial charge in [0.2, 0.25) is 0 Å². The molecule has 4 atom stereocenters. The minimum absolute atomic E-state index is 0.0307. The molecule has 0 bridgehead atoms. The molecular weight excluding hydrogens is 807 g/mol. The van der Waals surface area contributed by atoms with Gasteiger partial charge < -0.3 is 38.6 Å². The lowest BCUT2D eigenvalue weighted by Crippen LogP contribution is -2.52. The van der Waals surface area contributed by atoms with Gasteiger partial charge >= 0.3 is 24.3 Å². The van der Waals surface area contributed by atoms with E-state index in [1.165, 1.54) is 0 Å². The van der Waals surface area contributed by atoms with Gasteiger partial charge in [-0.25, -0.2) is 19.2 Å². The second-order valence-corrected chi connectivity index (χ2v) is 19.6. The molecule has 1 N–H and O–H groups in total. The Morgan fingerprint density at radius 1 is 0.714 bits per heavy atom. The van der Waals surface area contributed by atoms with Crippen LogP contribution >= 0.6 is 0 Å². The largest absolute Gasteiger partial charge is 0.443 e. The summed E-state index contributed by atoms with van der Waals surface area (Å²) in [6, 6.07) is 23.6. The molecule has 0 aliphatic carbocycles. The first kappa shape index (κ1) is 47.0. The van der Waals surface area contributed by atoms with Crippen LogP contribution in [0.25, 0.3) is 10.9 Å². The van der Waals surface area contributed by atoms with Gasteiger partial charge in [-0.05, 0) is 124 Å².